The van der Waals surface area contributed by atoms with Crippen LogP contribution in [-0.2, 0) is 0 Å². The average Bonchev–Trinajstić information content (AvgIpc) is 2.84. The molecule has 0 aliphatic carbocycles. The Labute approximate surface area is 207 Å². The highest BCUT2D eigenvalue weighted by Gasteiger charge is 2.26. The van der Waals surface area contributed by atoms with Crippen LogP contribution in [0.1, 0.15) is 28.4 Å². The summed E-state index contributed by atoms with van der Waals surface area (Å²) in [6, 6.07) is 14.9. The molecular weight excluding hydrogens is 471 g/mol. The Hall–Kier alpha value is -3.35. The maximum Gasteiger partial charge on any atom is 0.255 e. The summed E-state index contributed by atoms with van der Waals surface area (Å²) in [5, 5.41) is 4.83. The highest BCUT2D eigenvalue weighted by atomic mass is 35.5. The normalized spacial score (nSPS) is 14.9. The molecule has 0 saturated carbocycles. The minimum absolute atomic E-state index is 0.138. The number of amides is 1. The molecule has 172 valence electrons. The first-order valence-corrected chi connectivity index (χ1v) is 11.6. The van der Waals surface area contributed by atoms with Crippen molar-refractivity contribution in [3.8, 4) is 17.0 Å². The third kappa shape index (κ3) is 3.93. The number of carbonyl (C=O) groups excluding carboxylic acids is 1. The maximum absolute atomic E-state index is 13.5. The zero-order chi connectivity index (χ0) is 23.8. The van der Waals surface area contributed by atoms with Crippen LogP contribution >= 0.6 is 23.2 Å². The number of carbonyl (C=O) groups is 1. The smallest absolute Gasteiger partial charge is 0.255 e. The van der Waals surface area contributed by atoms with E-state index < -0.39 is 0 Å². The molecule has 1 N–H and O–H groups in total. The van der Waals surface area contributed by atoms with Gasteiger partial charge in [0.2, 0.25) is 0 Å². The molecule has 2 aromatic carbocycles. The van der Waals surface area contributed by atoms with Crippen molar-refractivity contribution in [3.05, 3.63) is 82.1 Å². The quantitative estimate of drug-likeness (QED) is 0.382. The van der Waals surface area contributed by atoms with Gasteiger partial charge in [0.1, 0.15) is 5.75 Å². The third-order valence-electron chi connectivity index (χ3n) is 5.92. The summed E-state index contributed by atoms with van der Waals surface area (Å²) in [6.07, 6.45) is 3.99. The molecule has 1 aliphatic heterocycles. The van der Waals surface area contributed by atoms with Crippen LogP contribution in [0.25, 0.3) is 22.2 Å². The number of anilines is 1. The molecule has 1 atom stereocenters. The van der Waals surface area contributed by atoms with E-state index in [1.807, 2.05) is 61.5 Å². The average molecular weight is 493 g/mol. The van der Waals surface area contributed by atoms with Gasteiger partial charge in [-0.25, -0.2) is 0 Å². The molecule has 34 heavy (non-hydrogen) atoms. The molecular formula is C26H22Cl2N4O2. The van der Waals surface area contributed by atoms with Crippen molar-refractivity contribution in [1.82, 2.24) is 15.3 Å². The number of aromatic nitrogens is 2. The Morgan fingerprint density at radius 1 is 1.09 bits per heavy atom. The summed E-state index contributed by atoms with van der Waals surface area (Å²) < 4.78 is 5.73. The van der Waals surface area contributed by atoms with E-state index in [1.165, 1.54) is 0 Å². The topological polar surface area (TPSA) is 67.4 Å². The van der Waals surface area contributed by atoms with Gasteiger partial charge in [-0.1, -0.05) is 53.5 Å². The summed E-state index contributed by atoms with van der Waals surface area (Å²) in [6.45, 7) is 0.549. The van der Waals surface area contributed by atoms with Crippen molar-refractivity contribution in [1.29, 1.82) is 0 Å². The van der Waals surface area contributed by atoms with Gasteiger partial charge < -0.3 is 15.0 Å². The molecule has 0 fully saturated rings. The zero-order valence-corrected chi connectivity index (χ0v) is 20.2. The van der Waals surface area contributed by atoms with Gasteiger partial charge in [0.15, 0.2) is 0 Å². The Balaban J connectivity index is 1.59. The van der Waals surface area contributed by atoms with Crippen molar-refractivity contribution in [2.45, 2.75) is 12.5 Å². The molecule has 0 unspecified atom stereocenters. The first-order chi connectivity index (χ1) is 16.5. The van der Waals surface area contributed by atoms with Gasteiger partial charge >= 0.3 is 0 Å². The number of nitrogens with one attached hydrogen (secondary N) is 1. The summed E-state index contributed by atoms with van der Waals surface area (Å²) in [5.74, 6) is 0.608. The van der Waals surface area contributed by atoms with Gasteiger partial charge in [0.25, 0.3) is 5.91 Å². The van der Waals surface area contributed by atoms with Crippen molar-refractivity contribution in [2.24, 2.45) is 0 Å². The Morgan fingerprint density at radius 2 is 1.91 bits per heavy atom. The van der Waals surface area contributed by atoms with Crippen LogP contribution in [0.2, 0.25) is 10.0 Å². The molecule has 2 aromatic heterocycles. The van der Waals surface area contributed by atoms with Crippen molar-refractivity contribution in [3.63, 3.8) is 0 Å². The number of ether oxygens (including phenoxy) is 1. The summed E-state index contributed by atoms with van der Waals surface area (Å²) >= 11 is 12.7. The van der Waals surface area contributed by atoms with Gasteiger partial charge in [-0.15, -0.1) is 0 Å². The number of benzene rings is 2. The van der Waals surface area contributed by atoms with E-state index in [9.17, 15) is 4.79 Å². The number of nitrogens with zero attached hydrogens (tertiary/aromatic N) is 3. The van der Waals surface area contributed by atoms with E-state index >= 15 is 0 Å². The number of para-hydroxylation sites is 1. The molecule has 0 spiro atoms. The Kier molecular flexibility index (Phi) is 6.02. The lowest BCUT2D eigenvalue weighted by molar-refractivity contribution is 0.0925. The monoisotopic (exact) mass is 492 g/mol. The van der Waals surface area contributed by atoms with Crippen LogP contribution in [-0.4, -0.2) is 36.6 Å². The predicted octanol–water partition coefficient (Wildman–Crippen LogP) is 5.92. The first-order valence-electron chi connectivity index (χ1n) is 10.9. The van der Waals surface area contributed by atoms with Crippen molar-refractivity contribution < 1.29 is 9.53 Å². The summed E-state index contributed by atoms with van der Waals surface area (Å²) in [7, 11) is 3.81. The fraction of sp³-hybridized carbons (Fsp3) is 0.192. The molecule has 0 bridgehead atoms. The lowest BCUT2D eigenvalue weighted by Crippen LogP contribution is -2.33. The first kappa shape index (κ1) is 22.4. The van der Waals surface area contributed by atoms with E-state index in [4.69, 9.17) is 27.9 Å². The number of pyridine rings is 2. The standard InChI is InChI=1S/C26H22Cl2N4O2/c1-32(2)25-17-10-12-29-23(16-7-5-8-19(27)22(16)28)24(17)30-14-18(25)26(33)31-20-11-13-34-21-9-4-3-6-15(20)21/h3-10,12,14,20H,11,13H2,1-2H3,(H,31,33)/t20-/m0/s1. The van der Waals surface area contributed by atoms with Gasteiger partial charge in [0.05, 0.1) is 45.2 Å². The lowest BCUT2D eigenvalue weighted by atomic mass is 9.99. The van der Waals surface area contributed by atoms with Crippen LogP contribution in [0.3, 0.4) is 0 Å². The van der Waals surface area contributed by atoms with Gasteiger partial charge in [-0.3, -0.25) is 14.8 Å². The van der Waals surface area contributed by atoms with Crippen molar-refractivity contribution >= 4 is 45.7 Å². The van der Waals surface area contributed by atoms with E-state index in [0.29, 0.717) is 45.4 Å². The Morgan fingerprint density at radius 3 is 2.74 bits per heavy atom. The SMILES string of the molecule is CN(C)c1c(C(=O)N[C@H]2CCOc3ccccc32)cnc2c(-c3cccc(Cl)c3Cl)nccc12. The third-order valence-corrected chi connectivity index (χ3v) is 6.74. The molecule has 8 heteroatoms. The molecule has 1 amide bonds. The van der Waals surface area contributed by atoms with Crippen LogP contribution in [0.4, 0.5) is 5.69 Å². The highest BCUT2D eigenvalue weighted by Crippen LogP contribution is 2.38. The van der Waals surface area contributed by atoms with Crippen LogP contribution in [0.15, 0.2) is 60.9 Å². The van der Waals surface area contributed by atoms with Gasteiger partial charge in [-0.2, -0.15) is 0 Å². The number of hydrogen-bond donors (Lipinski definition) is 1. The number of halogens is 2. The van der Waals surface area contributed by atoms with E-state index in [0.717, 1.165) is 22.4 Å². The summed E-state index contributed by atoms with van der Waals surface area (Å²) in [5.41, 5.74) is 4.15. The second-order valence-electron chi connectivity index (χ2n) is 8.27. The Bertz CT molecular complexity index is 1410. The van der Waals surface area contributed by atoms with Crippen LogP contribution in [0, 0.1) is 0 Å². The predicted molar refractivity (Wildman–Crippen MR) is 136 cm³/mol. The largest absolute Gasteiger partial charge is 0.493 e. The van der Waals surface area contributed by atoms with Gasteiger partial charge in [-0.05, 0) is 18.2 Å². The highest BCUT2D eigenvalue weighted by molar-refractivity contribution is 6.43. The number of fused-ring (bicyclic) bond motifs is 2. The minimum Gasteiger partial charge on any atom is -0.493 e. The molecule has 0 saturated heterocycles. The van der Waals surface area contributed by atoms with Crippen LogP contribution < -0.4 is 15.0 Å². The molecule has 1 aliphatic rings. The van der Waals surface area contributed by atoms with Crippen molar-refractivity contribution in [2.75, 3.05) is 25.6 Å². The maximum atomic E-state index is 13.5. The molecule has 3 heterocycles. The molecule has 0 radical (unpaired) electrons. The summed E-state index contributed by atoms with van der Waals surface area (Å²) in [4.78, 5) is 24.6. The number of rotatable bonds is 4. The fourth-order valence-electron chi connectivity index (χ4n) is 4.37. The van der Waals surface area contributed by atoms with Crippen LogP contribution in [0.5, 0.6) is 5.75 Å². The molecule has 5 rings (SSSR count). The molecule has 6 nitrogen and oxygen atoms in total. The fourth-order valence-corrected chi connectivity index (χ4v) is 4.76. The van der Waals surface area contributed by atoms with E-state index in [2.05, 4.69) is 15.3 Å². The second-order valence-corrected chi connectivity index (χ2v) is 9.06. The lowest BCUT2D eigenvalue weighted by Gasteiger charge is -2.27. The molecule has 4 aromatic rings. The van der Waals surface area contributed by atoms with E-state index in [1.54, 1.807) is 18.5 Å². The minimum atomic E-state index is -0.195. The number of hydrogen-bond acceptors (Lipinski definition) is 5. The second kappa shape index (κ2) is 9.12. The van der Waals surface area contributed by atoms with E-state index in [-0.39, 0.29) is 11.9 Å². The van der Waals surface area contributed by atoms with Gasteiger partial charge in [0, 0.05) is 49.4 Å². The zero-order valence-electron chi connectivity index (χ0n) is 18.7.